The number of methoxy groups -OCH3 is 1. The van der Waals surface area contributed by atoms with Crippen LogP contribution in [0.5, 0.6) is 5.75 Å². The first-order chi connectivity index (χ1) is 9.63. The molecule has 0 saturated heterocycles. The molecule has 1 aromatic rings. The molecule has 2 atom stereocenters. The normalized spacial score (nSPS) is 22.9. The molecule has 4 heteroatoms. The molecule has 4 nitrogen and oxygen atoms in total. The van der Waals surface area contributed by atoms with Gasteiger partial charge in [-0.25, -0.2) is 0 Å². The Morgan fingerprint density at radius 2 is 2.05 bits per heavy atom. The molecular weight excluding hydrogens is 252 g/mol. The van der Waals surface area contributed by atoms with Crippen LogP contribution in [0.15, 0.2) is 24.3 Å². The van der Waals surface area contributed by atoms with E-state index in [1.165, 1.54) is 6.42 Å². The Bertz CT molecular complexity index is 462. The summed E-state index contributed by atoms with van der Waals surface area (Å²) in [6.07, 6.45) is 5.25. The molecule has 20 heavy (non-hydrogen) atoms. The Labute approximate surface area is 120 Å². The monoisotopic (exact) mass is 276 g/mol. The molecule has 1 aliphatic carbocycles. The highest BCUT2D eigenvalue weighted by atomic mass is 16.5. The molecule has 0 aliphatic heterocycles. The van der Waals surface area contributed by atoms with Crippen molar-refractivity contribution >= 4 is 11.6 Å². The lowest BCUT2D eigenvalue weighted by molar-refractivity contribution is -0.122. The van der Waals surface area contributed by atoms with Crippen molar-refractivity contribution in [3.8, 4) is 5.75 Å². The molecule has 1 aromatic carbocycles. The molecule has 1 fully saturated rings. The Morgan fingerprint density at radius 3 is 2.80 bits per heavy atom. The summed E-state index contributed by atoms with van der Waals surface area (Å²) in [5.74, 6) is 0.814. The molecule has 2 rings (SSSR count). The highest BCUT2D eigenvalue weighted by Gasteiger charge is 2.29. The molecule has 0 aromatic heterocycles. The van der Waals surface area contributed by atoms with Gasteiger partial charge in [-0.15, -0.1) is 0 Å². The Morgan fingerprint density at radius 1 is 1.30 bits per heavy atom. The van der Waals surface area contributed by atoms with Crippen LogP contribution in [0.2, 0.25) is 0 Å². The van der Waals surface area contributed by atoms with Gasteiger partial charge in [-0.2, -0.15) is 0 Å². The predicted molar refractivity (Wildman–Crippen MR) is 81.0 cm³/mol. The smallest absolute Gasteiger partial charge is 0.231 e. The van der Waals surface area contributed by atoms with Crippen molar-refractivity contribution in [3.63, 3.8) is 0 Å². The summed E-state index contributed by atoms with van der Waals surface area (Å²) in [6.45, 7) is 0. The largest absolute Gasteiger partial charge is 0.497 e. The maximum atomic E-state index is 12.7. The summed E-state index contributed by atoms with van der Waals surface area (Å²) in [5.41, 5.74) is 7.03. The van der Waals surface area contributed by atoms with Gasteiger partial charge in [0.15, 0.2) is 0 Å². The second-order valence-electron chi connectivity index (χ2n) is 5.51. The molecule has 0 spiro atoms. The zero-order valence-electron chi connectivity index (χ0n) is 12.3. The molecule has 1 saturated carbocycles. The minimum Gasteiger partial charge on any atom is -0.497 e. The van der Waals surface area contributed by atoms with Crippen molar-refractivity contribution in [1.82, 2.24) is 0 Å². The summed E-state index contributed by atoms with van der Waals surface area (Å²) in [7, 11) is 3.44. The van der Waals surface area contributed by atoms with E-state index in [-0.39, 0.29) is 17.9 Å². The summed E-state index contributed by atoms with van der Waals surface area (Å²) >= 11 is 0. The van der Waals surface area contributed by atoms with Gasteiger partial charge in [0.25, 0.3) is 0 Å². The van der Waals surface area contributed by atoms with Crippen molar-refractivity contribution in [2.75, 3.05) is 19.1 Å². The van der Waals surface area contributed by atoms with Crippen molar-refractivity contribution in [1.29, 1.82) is 0 Å². The topological polar surface area (TPSA) is 55.6 Å². The average Bonchev–Trinajstić information content (AvgIpc) is 2.70. The fourth-order valence-corrected chi connectivity index (χ4v) is 2.84. The van der Waals surface area contributed by atoms with Gasteiger partial charge in [0, 0.05) is 24.8 Å². The highest BCUT2D eigenvalue weighted by molar-refractivity contribution is 5.95. The van der Waals surface area contributed by atoms with E-state index in [4.69, 9.17) is 10.5 Å². The van der Waals surface area contributed by atoms with E-state index in [2.05, 4.69) is 0 Å². The number of nitrogens with two attached hydrogens (primary N) is 1. The lowest BCUT2D eigenvalue weighted by atomic mass is 9.94. The first kappa shape index (κ1) is 14.9. The number of hydrogen-bond acceptors (Lipinski definition) is 3. The van der Waals surface area contributed by atoms with Gasteiger partial charge in [0.05, 0.1) is 13.0 Å². The molecule has 0 bridgehead atoms. The molecule has 0 radical (unpaired) electrons. The van der Waals surface area contributed by atoms with Gasteiger partial charge in [0.2, 0.25) is 5.91 Å². The summed E-state index contributed by atoms with van der Waals surface area (Å²) < 4.78 is 5.21. The van der Waals surface area contributed by atoms with E-state index in [1.807, 2.05) is 31.3 Å². The number of carbonyl (C=O) groups excluding carboxylic acids is 1. The number of carbonyl (C=O) groups is 1. The molecule has 2 unspecified atom stereocenters. The van der Waals surface area contributed by atoms with Crippen LogP contribution in [0.1, 0.15) is 32.1 Å². The molecule has 1 aliphatic rings. The van der Waals surface area contributed by atoms with E-state index < -0.39 is 0 Å². The fourth-order valence-electron chi connectivity index (χ4n) is 2.84. The lowest BCUT2D eigenvalue weighted by Gasteiger charge is -2.26. The summed E-state index contributed by atoms with van der Waals surface area (Å²) in [4.78, 5) is 14.4. The maximum Gasteiger partial charge on any atom is 0.231 e. The van der Waals surface area contributed by atoms with Crippen LogP contribution in [0.4, 0.5) is 5.69 Å². The van der Waals surface area contributed by atoms with Gasteiger partial charge >= 0.3 is 0 Å². The van der Waals surface area contributed by atoms with Gasteiger partial charge in [-0.05, 0) is 25.0 Å². The number of nitrogens with zero attached hydrogens (tertiary/aromatic N) is 1. The number of hydrogen-bond donors (Lipinski definition) is 1. The SMILES string of the molecule is COc1cccc(N(C)C(=O)C2CCCCCC2N)c1. The zero-order chi connectivity index (χ0) is 14.5. The first-order valence-electron chi connectivity index (χ1n) is 7.30. The van der Waals surface area contributed by atoms with E-state index in [0.717, 1.165) is 37.1 Å². The molecular formula is C16H24N2O2. The van der Waals surface area contributed by atoms with E-state index in [0.29, 0.717) is 0 Å². The number of ether oxygens (including phenoxy) is 1. The first-order valence-corrected chi connectivity index (χ1v) is 7.30. The minimum absolute atomic E-state index is 0.0157. The van der Waals surface area contributed by atoms with Crippen molar-refractivity contribution < 1.29 is 9.53 Å². The molecule has 1 amide bonds. The minimum atomic E-state index is -0.0614. The number of amides is 1. The Kier molecular flexibility index (Phi) is 5.01. The summed E-state index contributed by atoms with van der Waals surface area (Å²) in [6, 6.07) is 7.55. The van der Waals surface area contributed by atoms with Crippen LogP contribution in [0.25, 0.3) is 0 Å². The molecule has 2 N–H and O–H groups in total. The standard InChI is InChI=1S/C16H24N2O2/c1-18(12-7-6-8-13(11-12)20-2)16(19)14-9-4-3-5-10-15(14)17/h6-8,11,14-15H,3-5,9-10,17H2,1-2H3. The van der Waals surface area contributed by atoms with Crippen LogP contribution in [0.3, 0.4) is 0 Å². The van der Waals surface area contributed by atoms with Gasteiger partial charge in [-0.1, -0.05) is 25.3 Å². The van der Waals surface area contributed by atoms with Crippen LogP contribution in [-0.4, -0.2) is 26.1 Å². The second-order valence-corrected chi connectivity index (χ2v) is 5.51. The maximum absolute atomic E-state index is 12.7. The Hall–Kier alpha value is -1.55. The van der Waals surface area contributed by atoms with Gasteiger partial charge in [0.1, 0.15) is 5.75 Å². The van der Waals surface area contributed by atoms with Crippen LogP contribution < -0.4 is 15.4 Å². The van der Waals surface area contributed by atoms with Crippen LogP contribution in [0, 0.1) is 5.92 Å². The van der Waals surface area contributed by atoms with Gasteiger partial charge < -0.3 is 15.4 Å². The second kappa shape index (κ2) is 6.75. The third-order valence-electron chi connectivity index (χ3n) is 4.16. The van der Waals surface area contributed by atoms with Crippen LogP contribution in [-0.2, 0) is 4.79 Å². The van der Waals surface area contributed by atoms with Crippen molar-refractivity contribution in [2.45, 2.75) is 38.1 Å². The third kappa shape index (κ3) is 3.31. The van der Waals surface area contributed by atoms with E-state index >= 15 is 0 Å². The van der Waals surface area contributed by atoms with Crippen molar-refractivity contribution in [2.24, 2.45) is 11.7 Å². The molecule has 0 heterocycles. The average molecular weight is 276 g/mol. The molecule has 110 valence electrons. The van der Waals surface area contributed by atoms with E-state index in [1.54, 1.807) is 12.0 Å². The quantitative estimate of drug-likeness (QED) is 0.863. The predicted octanol–water partition coefficient (Wildman–Crippen LogP) is 2.57. The zero-order valence-corrected chi connectivity index (χ0v) is 12.3. The Balaban J connectivity index is 2.14. The van der Waals surface area contributed by atoms with E-state index in [9.17, 15) is 4.79 Å². The number of benzene rings is 1. The lowest BCUT2D eigenvalue weighted by Crippen LogP contribution is -2.42. The third-order valence-corrected chi connectivity index (χ3v) is 4.16. The fraction of sp³-hybridized carbons (Fsp3) is 0.562. The van der Waals surface area contributed by atoms with Gasteiger partial charge in [-0.3, -0.25) is 4.79 Å². The van der Waals surface area contributed by atoms with Crippen molar-refractivity contribution in [3.05, 3.63) is 24.3 Å². The van der Waals surface area contributed by atoms with Crippen LogP contribution >= 0.6 is 0 Å². The highest BCUT2D eigenvalue weighted by Crippen LogP contribution is 2.27. The summed E-state index contributed by atoms with van der Waals surface area (Å²) in [5, 5.41) is 0. The number of rotatable bonds is 3. The number of anilines is 1.